The van der Waals surface area contributed by atoms with Crippen LogP contribution >= 0.6 is 11.6 Å². The molecule has 0 spiro atoms. The van der Waals surface area contributed by atoms with Crippen molar-refractivity contribution in [3.05, 3.63) is 46.2 Å². The number of carboxylic acids is 1. The second-order valence-electron chi connectivity index (χ2n) is 4.25. The lowest BCUT2D eigenvalue weighted by Crippen LogP contribution is -2.15. The van der Waals surface area contributed by atoms with E-state index < -0.39 is 11.9 Å². The molecule has 6 nitrogen and oxygen atoms in total. The summed E-state index contributed by atoms with van der Waals surface area (Å²) in [6.45, 7) is 1.70. The average molecular weight is 294 g/mol. The third-order valence-corrected chi connectivity index (χ3v) is 2.95. The standard InChI is InChI=1S/C13H12ClN3O3/c1-7-10(6-17(2)16-7)12(18)15-11-5-8(14)3-4-9(11)13(19)20/h3-6H,1-2H3,(H,15,18)(H,19,20). The van der Waals surface area contributed by atoms with Crippen molar-refractivity contribution in [1.29, 1.82) is 0 Å². The number of aromatic carboxylic acids is 1. The number of hydrogen-bond donors (Lipinski definition) is 2. The Labute approximate surface area is 120 Å². The zero-order chi connectivity index (χ0) is 14.9. The molecular weight excluding hydrogens is 282 g/mol. The third kappa shape index (κ3) is 2.80. The Balaban J connectivity index is 2.34. The molecule has 0 fully saturated rings. The van der Waals surface area contributed by atoms with Crippen LogP contribution in [0.15, 0.2) is 24.4 Å². The number of anilines is 1. The van der Waals surface area contributed by atoms with Crippen LogP contribution in [0.25, 0.3) is 0 Å². The molecule has 1 heterocycles. The average Bonchev–Trinajstić information content (AvgIpc) is 2.68. The lowest BCUT2D eigenvalue weighted by molar-refractivity contribution is 0.0698. The largest absolute Gasteiger partial charge is 0.478 e. The summed E-state index contributed by atoms with van der Waals surface area (Å²) in [7, 11) is 1.70. The van der Waals surface area contributed by atoms with Crippen molar-refractivity contribution < 1.29 is 14.7 Å². The fourth-order valence-corrected chi connectivity index (χ4v) is 1.99. The van der Waals surface area contributed by atoms with Gasteiger partial charge in [0.2, 0.25) is 0 Å². The third-order valence-electron chi connectivity index (χ3n) is 2.72. The Morgan fingerprint density at radius 1 is 1.35 bits per heavy atom. The summed E-state index contributed by atoms with van der Waals surface area (Å²) in [5.41, 5.74) is 1.07. The molecule has 7 heteroatoms. The van der Waals surface area contributed by atoms with Gasteiger partial charge in [0.1, 0.15) is 0 Å². The number of aromatic nitrogens is 2. The maximum atomic E-state index is 12.1. The highest BCUT2D eigenvalue weighted by atomic mass is 35.5. The van der Waals surface area contributed by atoms with E-state index in [-0.39, 0.29) is 11.3 Å². The summed E-state index contributed by atoms with van der Waals surface area (Å²) in [5.74, 6) is -1.57. The Bertz CT molecular complexity index is 694. The van der Waals surface area contributed by atoms with E-state index in [9.17, 15) is 9.59 Å². The number of carboxylic acid groups (broad SMARTS) is 1. The maximum absolute atomic E-state index is 12.1. The first-order valence-electron chi connectivity index (χ1n) is 5.73. The highest BCUT2D eigenvalue weighted by Crippen LogP contribution is 2.22. The molecule has 2 rings (SSSR count). The van der Waals surface area contributed by atoms with Crippen LogP contribution in [0.1, 0.15) is 26.4 Å². The van der Waals surface area contributed by atoms with E-state index in [2.05, 4.69) is 10.4 Å². The molecule has 0 aliphatic carbocycles. The van der Waals surface area contributed by atoms with Crippen molar-refractivity contribution in [2.24, 2.45) is 7.05 Å². The van der Waals surface area contributed by atoms with E-state index in [4.69, 9.17) is 16.7 Å². The smallest absolute Gasteiger partial charge is 0.337 e. The number of nitrogens with zero attached hydrogens (tertiary/aromatic N) is 2. The second-order valence-corrected chi connectivity index (χ2v) is 4.69. The predicted octanol–water partition coefficient (Wildman–Crippen LogP) is 2.33. The van der Waals surface area contributed by atoms with Gasteiger partial charge < -0.3 is 10.4 Å². The predicted molar refractivity (Wildman–Crippen MR) is 74.3 cm³/mol. The first-order chi connectivity index (χ1) is 9.38. The highest BCUT2D eigenvalue weighted by molar-refractivity contribution is 6.31. The summed E-state index contributed by atoms with van der Waals surface area (Å²) in [6.07, 6.45) is 1.57. The molecule has 0 saturated carbocycles. The number of aryl methyl sites for hydroxylation is 2. The number of benzene rings is 1. The first-order valence-corrected chi connectivity index (χ1v) is 6.10. The molecule has 1 aromatic heterocycles. The van der Waals surface area contributed by atoms with Crippen LogP contribution in [0.3, 0.4) is 0 Å². The maximum Gasteiger partial charge on any atom is 0.337 e. The molecule has 2 N–H and O–H groups in total. The summed E-state index contributed by atoms with van der Waals surface area (Å²) >= 11 is 5.83. The summed E-state index contributed by atoms with van der Waals surface area (Å²) in [4.78, 5) is 23.2. The number of halogens is 1. The molecular formula is C13H12ClN3O3. The highest BCUT2D eigenvalue weighted by Gasteiger charge is 2.17. The minimum atomic E-state index is -1.14. The van der Waals surface area contributed by atoms with E-state index >= 15 is 0 Å². The van der Waals surface area contributed by atoms with Gasteiger partial charge in [0.25, 0.3) is 5.91 Å². The normalized spacial score (nSPS) is 10.3. The zero-order valence-corrected chi connectivity index (χ0v) is 11.6. The van der Waals surface area contributed by atoms with Gasteiger partial charge in [0.15, 0.2) is 0 Å². The summed E-state index contributed by atoms with van der Waals surface area (Å²) in [6, 6.07) is 4.20. The quantitative estimate of drug-likeness (QED) is 0.909. The van der Waals surface area contributed by atoms with Gasteiger partial charge in [-0.1, -0.05) is 11.6 Å². The molecule has 1 aromatic carbocycles. The monoisotopic (exact) mass is 293 g/mol. The van der Waals surface area contributed by atoms with E-state index in [1.165, 1.54) is 22.9 Å². The molecule has 2 aromatic rings. The lowest BCUT2D eigenvalue weighted by Gasteiger charge is -2.08. The number of hydrogen-bond acceptors (Lipinski definition) is 3. The van der Waals surface area contributed by atoms with Gasteiger partial charge in [-0.3, -0.25) is 9.48 Å². The van der Waals surface area contributed by atoms with Crippen LogP contribution in [0.5, 0.6) is 0 Å². The molecule has 1 amide bonds. The van der Waals surface area contributed by atoms with Crippen LogP contribution in [0.4, 0.5) is 5.69 Å². The fourth-order valence-electron chi connectivity index (χ4n) is 1.82. The Morgan fingerprint density at radius 3 is 2.60 bits per heavy atom. The number of amides is 1. The van der Waals surface area contributed by atoms with Gasteiger partial charge in [0, 0.05) is 18.3 Å². The van der Waals surface area contributed by atoms with Crippen molar-refractivity contribution in [3.8, 4) is 0 Å². The molecule has 0 bridgehead atoms. The summed E-state index contributed by atoms with van der Waals surface area (Å²) in [5, 5.41) is 16.0. The van der Waals surface area contributed by atoms with Crippen molar-refractivity contribution in [1.82, 2.24) is 9.78 Å². The van der Waals surface area contributed by atoms with Gasteiger partial charge >= 0.3 is 5.97 Å². The van der Waals surface area contributed by atoms with Gasteiger partial charge in [-0.2, -0.15) is 5.10 Å². The van der Waals surface area contributed by atoms with Crippen LogP contribution in [-0.2, 0) is 7.05 Å². The van der Waals surface area contributed by atoms with E-state index in [0.717, 1.165) is 0 Å². The minimum Gasteiger partial charge on any atom is -0.478 e. The zero-order valence-electron chi connectivity index (χ0n) is 10.8. The molecule has 0 aliphatic heterocycles. The molecule has 0 radical (unpaired) electrons. The van der Waals surface area contributed by atoms with Gasteiger partial charge in [0.05, 0.1) is 22.5 Å². The summed E-state index contributed by atoms with van der Waals surface area (Å²) < 4.78 is 1.51. The Kier molecular flexibility index (Phi) is 3.76. The van der Waals surface area contributed by atoms with Crippen LogP contribution in [0, 0.1) is 6.92 Å². The molecule has 0 aliphatic rings. The minimum absolute atomic E-state index is 0.0238. The molecule has 0 unspecified atom stereocenters. The molecule has 0 atom stereocenters. The van der Waals surface area contributed by atoms with E-state index in [1.807, 2.05) is 0 Å². The Morgan fingerprint density at radius 2 is 2.05 bits per heavy atom. The van der Waals surface area contributed by atoms with Crippen molar-refractivity contribution in [2.45, 2.75) is 6.92 Å². The lowest BCUT2D eigenvalue weighted by atomic mass is 10.1. The SMILES string of the molecule is Cc1nn(C)cc1C(=O)Nc1cc(Cl)ccc1C(=O)O. The number of carbonyl (C=O) groups excluding carboxylic acids is 1. The van der Waals surface area contributed by atoms with E-state index in [0.29, 0.717) is 16.3 Å². The molecule has 0 saturated heterocycles. The van der Waals surface area contributed by atoms with Crippen LogP contribution in [0.2, 0.25) is 5.02 Å². The number of nitrogens with one attached hydrogen (secondary N) is 1. The van der Waals surface area contributed by atoms with E-state index in [1.54, 1.807) is 20.2 Å². The first kappa shape index (κ1) is 14.1. The fraction of sp³-hybridized carbons (Fsp3) is 0.154. The van der Waals surface area contributed by atoms with Crippen LogP contribution < -0.4 is 5.32 Å². The molecule has 20 heavy (non-hydrogen) atoms. The van der Waals surface area contributed by atoms with Gasteiger partial charge in [-0.25, -0.2) is 4.79 Å². The van der Waals surface area contributed by atoms with Crippen molar-refractivity contribution in [3.63, 3.8) is 0 Å². The second kappa shape index (κ2) is 5.34. The van der Waals surface area contributed by atoms with Crippen molar-refractivity contribution >= 4 is 29.2 Å². The van der Waals surface area contributed by atoms with Gasteiger partial charge in [-0.15, -0.1) is 0 Å². The molecule has 104 valence electrons. The van der Waals surface area contributed by atoms with Gasteiger partial charge in [-0.05, 0) is 25.1 Å². The number of carbonyl (C=O) groups is 2. The Hall–Kier alpha value is -2.34. The topological polar surface area (TPSA) is 84.2 Å². The van der Waals surface area contributed by atoms with Crippen molar-refractivity contribution in [2.75, 3.05) is 5.32 Å². The number of rotatable bonds is 3. The van der Waals surface area contributed by atoms with Crippen LogP contribution in [-0.4, -0.2) is 26.8 Å².